The smallest absolute Gasteiger partial charge is 0.220 e. The lowest BCUT2D eigenvalue weighted by molar-refractivity contribution is -0.121. The van der Waals surface area contributed by atoms with Gasteiger partial charge >= 0.3 is 0 Å². The molecule has 0 saturated heterocycles. The maximum absolute atomic E-state index is 12.0. The summed E-state index contributed by atoms with van der Waals surface area (Å²) in [5.41, 5.74) is 2.43. The van der Waals surface area contributed by atoms with Crippen molar-refractivity contribution in [1.82, 2.24) is 10.3 Å². The van der Waals surface area contributed by atoms with Crippen LogP contribution in [0, 0.1) is 0 Å². The van der Waals surface area contributed by atoms with Gasteiger partial charge in [0, 0.05) is 30.1 Å². The van der Waals surface area contributed by atoms with Crippen LogP contribution in [0.2, 0.25) is 0 Å². The number of rotatable bonds is 16. The topological polar surface area (TPSA) is 44.9 Å². The zero-order valence-electron chi connectivity index (χ0n) is 18.8. The molecule has 0 aliphatic rings. The van der Waals surface area contributed by atoms with Crippen molar-refractivity contribution in [2.45, 2.75) is 84.0 Å². The van der Waals surface area contributed by atoms with Crippen molar-refractivity contribution in [2.75, 3.05) is 6.54 Å². The third-order valence-electron chi connectivity index (χ3n) is 5.50. The number of aromatic amines is 1. The molecule has 0 fully saturated rings. The molecule has 3 nitrogen and oxygen atoms in total. The Morgan fingerprint density at radius 2 is 1.67 bits per heavy atom. The van der Waals surface area contributed by atoms with E-state index in [2.05, 4.69) is 65.9 Å². The number of carbonyl (C=O) groups excluding carboxylic acids is 1. The van der Waals surface area contributed by atoms with E-state index in [1.54, 1.807) is 0 Å². The van der Waals surface area contributed by atoms with E-state index in [1.165, 1.54) is 49.5 Å². The lowest BCUT2D eigenvalue weighted by Crippen LogP contribution is -2.25. The molecule has 0 saturated carbocycles. The normalized spacial score (nSPS) is 11.8. The van der Waals surface area contributed by atoms with Gasteiger partial charge in [-0.3, -0.25) is 4.79 Å². The lowest BCUT2D eigenvalue weighted by atomic mass is 10.1. The van der Waals surface area contributed by atoms with Crippen LogP contribution in [0.4, 0.5) is 0 Å². The number of H-pyrrole nitrogens is 1. The van der Waals surface area contributed by atoms with Gasteiger partial charge in [-0.25, -0.2) is 0 Å². The number of hydrogen-bond acceptors (Lipinski definition) is 1. The molecule has 0 spiro atoms. The minimum absolute atomic E-state index is 0.181. The molecule has 0 bridgehead atoms. The van der Waals surface area contributed by atoms with Crippen molar-refractivity contribution in [3.8, 4) is 0 Å². The number of aromatic nitrogens is 1. The molecule has 1 aromatic heterocycles. The Hall–Kier alpha value is -2.29. The molecule has 2 N–H and O–H groups in total. The quantitative estimate of drug-likeness (QED) is 0.223. The standard InChI is InChI=1S/C27H40N2O/c1-2-3-4-5-6-7-8-9-10-11-12-13-14-15-20-27(30)28-22-21-24-23-29-26-19-17-16-18-25(24)26/h6-7,9-10,16-19,23,29H,2-5,8,11-15,20-22H2,1H3,(H,28,30). The van der Waals surface area contributed by atoms with Gasteiger partial charge in [0.15, 0.2) is 0 Å². The van der Waals surface area contributed by atoms with E-state index in [1.807, 2.05) is 6.07 Å². The van der Waals surface area contributed by atoms with Crippen molar-refractivity contribution in [3.63, 3.8) is 0 Å². The van der Waals surface area contributed by atoms with Gasteiger partial charge in [0.1, 0.15) is 0 Å². The van der Waals surface area contributed by atoms with Gasteiger partial charge in [-0.2, -0.15) is 0 Å². The van der Waals surface area contributed by atoms with Gasteiger partial charge in [-0.1, -0.05) is 75.1 Å². The largest absolute Gasteiger partial charge is 0.361 e. The molecule has 1 amide bonds. The van der Waals surface area contributed by atoms with Crippen LogP contribution < -0.4 is 5.32 Å². The van der Waals surface area contributed by atoms with Crippen molar-refractivity contribution < 1.29 is 4.79 Å². The van der Waals surface area contributed by atoms with E-state index in [0.29, 0.717) is 13.0 Å². The highest BCUT2D eigenvalue weighted by Crippen LogP contribution is 2.17. The summed E-state index contributed by atoms with van der Waals surface area (Å²) in [6, 6.07) is 8.30. The van der Waals surface area contributed by atoms with Crippen molar-refractivity contribution >= 4 is 16.8 Å². The SMILES string of the molecule is CCCCCC=CCC=CCCCCCCC(=O)NCCc1c[nH]c2ccccc12. The maximum Gasteiger partial charge on any atom is 0.220 e. The van der Waals surface area contributed by atoms with Crippen LogP contribution in [-0.2, 0) is 11.2 Å². The Morgan fingerprint density at radius 3 is 2.47 bits per heavy atom. The zero-order chi connectivity index (χ0) is 21.3. The van der Waals surface area contributed by atoms with Crippen LogP contribution in [0.15, 0.2) is 54.8 Å². The average molecular weight is 409 g/mol. The third kappa shape index (κ3) is 9.96. The van der Waals surface area contributed by atoms with Crippen LogP contribution in [0.5, 0.6) is 0 Å². The van der Waals surface area contributed by atoms with Crippen LogP contribution in [0.25, 0.3) is 10.9 Å². The fourth-order valence-electron chi connectivity index (χ4n) is 3.68. The minimum Gasteiger partial charge on any atom is -0.361 e. The summed E-state index contributed by atoms with van der Waals surface area (Å²) in [7, 11) is 0. The highest BCUT2D eigenvalue weighted by molar-refractivity contribution is 5.83. The Morgan fingerprint density at radius 1 is 0.933 bits per heavy atom. The Balaban J connectivity index is 1.42. The van der Waals surface area contributed by atoms with Crippen LogP contribution in [0.1, 0.15) is 83.1 Å². The second-order valence-corrected chi connectivity index (χ2v) is 8.09. The molecule has 0 aliphatic carbocycles. The predicted molar refractivity (Wildman–Crippen MR) is 130 cm³/mol. The maximum atomic E-state index is 12.0. The summed E-state index contributed by atoms with van der Waals surface area (Å²) in [5, 5.41) is 4.32. The Labute approximate surface area is 183 Å². The van der Waals surface area contributed by atoms with Gasteiger partial charge in [0.2, 0.25) is 5.91 Å². The molecule has 30 heavy (non-hydrogen) atoms. The second kappa shape index (κ2) is 15.5. The fraction of sp³-hybridized carbons (Fsp3) is 0.519. The first-order chi connectivity index (χ1) is 14.8. The van der Waals surface area contributed by atoms with Crippen LogP contribution in [-0.4, -0.2) is 17.4 Å². The fourth-order valence-corrected chi connectivity index (χ4v) is 3.68. The van der Waals surface area contributed by atoms with Gasteiger partial charge in [0.25, 0.3) is 0 Å². The molecule has 0 aliphatic heterocycles. The summed E-state index contributed by atoms with van der Waals surface area (Å²) in [5.74, 6) is 0.181. The first-order valence-corrected chi connectivity index (χ1v) is 11.9. The minimum atomic E-state index is 0.181. The van der Waals surface area contributed by atoms with Crippen LogP contribution in [0.3, 0.4) is 0 Å². The van der Waals surface area contributed by atoms with Gasteiger partial charge in [0.05, 0.1) is 0 Å². The number of para-hydroxylation sites is 1. The van der Waals surface area contributed by atoms with Crippen molar-refractivity contribution in [3.05, 3.63) is 60.3 Å². The number of allylic oxidation sites excluding steroid dienone is 4. The number of amides is 1. The highest BCUT2D eigenvalue weighted by Gasteiger charge is 2.04. The molecule has 2 aromatic rings. The van der Waals surface area contributed by atoms with E-state index in [4.69, 9.17) is 0 Å². The van der Waals surface area contributed by atoms with Crippen LogP contribution >= 0.6 is 0 Å². The number of fused-ring (bicyclic) bond motifs is 1. The summed E-state index contributed by atoms with van der Waals surface area (Å²) in [6.45, 7) is 2.95. The van der Waals surface area contributed by atoms with E-state index in [0.717, 1.165) is 37.6 Å². The number of unbranched alkanes of at least 4 members (excludes halogenated alkanes) is 7. The summed E-state index contributed by atoms with van der Waals surface area (Å²) in [6.07, 6.45) is 24.7. The van der Waals surface area contributed by atoms with E-state index < -0.39 is 0 Å². The monoisotopic (exact) mass is 408 g/mol. The molecule has 2 rings (SSSR count). The van der Waals surface area contributed by atoms with E-state index in [-0.39, 0.29) is 5.91 Å². The molecule has 1 aromatic carbocycles. The zero-order valence-corrected chi connectivity index (χ0v) is 18.8. The first-order valence-electron chi connectivity index (χ1n) is 11.9. The number of nitrogens with one attached hydrogen (secondary N) is 2. The van der Waals surface area contributed by atoms with Gasteiger partial charge in [-0.15, -0.1) is 0 Å². The molecular formula is C27H40N2O. The molecule has 3 heteroatoms. The summed E-state index contributed by atoms with van der Waals surface area (Å²) in [4.78, 5) is 15.3. The first kappa shape index (κ1) is 24.0. The van der Waals surface area contributed by atoms with Gasteiger partial charge < -0.3 is 10.3 Å². The number of carbonyl (C=O) groups is 1. The second-order valence-electron chi connectivity index (χ2n) is 8.09. The van der Waals surface area contributed by atoms with Crippen molar-refractivity contribution in [1.29, 1.82) is 0 Å². The highest BCUT2D eigenvalue weighted by atomic mass is 16.1. The number of benzene rings is 1. The third-order valence-corrected chi connectivity index (χ3v) is 5.50. The van der Waals surface area contributed by atoms with Crippen molar-refractivity contribution in [2.24, 2.45) is 0 Å². The van der Waals surface area contributed by atoms with E-state index in [9.17, 15) is 4.79 Å². The summed E-state index contributed by atoms with van der Waals surface area (Å²) < 4.78 is 0. The molecular weight excluding hydrogens is 368 g/mol. The van der Waals surface area contributed by atoms with Gasteiger partial charge in [-0.05, 0) is 56.6 Å². The molecule has 0 radical (unpaired) electrons. The Bertz CT molecular complexity index is 772. The summed E-state index contributed by atoms with van der Waals surface area (Å²) >= 11 is 0. The lowest BCUT2D eigenvalue weighted by Gasteiger charge is -2.05. The predicted octanol–water partition coefficient (Wildman–Crippen LogP) is 7.25. The Kier molecular flexibility index (Phi) is 12.4. The molecule has 0 atom stereocenters. The average Bonchev–Trinajstić information content (AvgIpc) is 3.17. The molecule has 164 valence electrons. The van der Waals surface area contributed by atoms with E-state index >= 15 is 0 Å². The molecule has 1 heterocycles. The number of hydrogen-bond donors (Lipinski definition) is 2. The molecule has 0 unspecified atom stereocenters.